The number of carbonyl (C=O) groups excluding carboxylic acids is 1. The highest BCUT2D eigenvalue weighted by Gasteiger charge is 2.44. The minimum absolute atomic E-state index is 0.0932. The number of halogens is 1. The molecule has 26 heavy (non-hydrogen) atoms. The number of amides is 1. The van der Waals surface area contributed by atoms with E-state index in [1.165, 1.54) is 22.6 Å². The number of rotatable bonds is 5. The van der Waals surface area contributed by atoms with Crippen LogP contribution in [0.5, 0.6) is 0 Å². The molecule has 0 aromatic heterocycles. The summed E-state index contributed by atoms with van der Waals surface area (Å²) in [4.78, 5) is 15.2. The summed E-state index contributed by atoms with van der Waals surface area (Å²) in [6.07, 6.45) is 0.943. The molecule has 4 rings (SSSR count). The van der Waals surface area contributed by atoms with E-state index in [1.807, 2.05) is 23.9 Å². The molecule has 0 spiro atoms. The van der Waals surface area contributed by atoms with Gasteiger partial charge >= 0.3 is 0 Å². The maximum Gasteiger partial charge on any atom is 0.228 e. The third-order valence-corrected chi connectivity index (χ3v) is 6.67. The summed E-state index contributed by atoms with van der Waals surface area (Å²) in [5.74, 6) is 3.00. The molecule has 1 amide bonds. The lowest BCUT2D eigenvalue weighted by Gasteiger charge is -2.27. The van der Waals surface area contributed by atoms with Crippen molar-refractivity contribution in [3.63, 3.8) is 0 Å². The molecule has 0 bridgehead atoms. The number of thioether (sulfide) groups is 1. The van der Waals surface area contributed by atoms with Gasteiger partial charge in [0.05, 0.1) is 0 Å². The Balaban J connectivity index is 1.39. The van der Waals surface area contributed by atoms with Crippen LogP contribution in [0.4, 0.5) is 5.69 Å². The van der Waals surface area contributed by atoms with E-state index in [9.17, 15) is 4.79 Å². The Hall–Kier alpha value is -1.30. The van der Waals surface area contributed by atoms with Gasteiger partial charge in [0.15, 0.2) is 0 Å². The van der Waals surface area contributed by atoms with Crippen LogP contribution in [0.3, 0.4) is 0 Å². The summed E-state index contributed by atoms with van der Waals surface area (Å²) >= 11 is 5.49. The summed E-state index contributed by atoms with van der Waals surface area (Å²) in [6.45, 7) is 3.17. The van der Waals surface area contributed by atoms with Gasteiger partial charge in [-0.3, -0.25) is 9.69 Å². The van der Waals surface area contributed by atoms with E-state index in [0.29, 0.717) is 5.92 Å². The molecule has 1 saturated carbocycles. The Morgan fingerprint density at radius 2 is 1.85 bits per heavy atom. The van der Waals surface area contributed by atoms with Gasteiger partial charge in [-0.05, 0) is 41.7 Å². The van der Waals surface area contributed by atoms with Crippen molar-refractivity contribution in [2.45, 2.75) is 18.9 Å². The van der Waals surface area contributed by atoms with Crippen molar-refractivity contribution in [3.8, 4) is 0 Å². The first-order chi connectivity index (χ1) is 12.7. The van der Waals surface area contributed by atoms with Crippen molar-refractivity contribution >= 4 is 39.3 Å². The number of anilines is 1. The van der Waals surface area contributed by atoms with Gasteiger partial charge in [-0.25, -0.2) is 0 Å². The first kappa shape index (κ1) is 18.1. The third-order valence-electron chi connectivity index (χ3n) is 5.20. The Kier molecular flexibility index (Phi) is 5.67. The van der Waals surface area contributed by atoms with Gasteiger partial charge in [-0.2, -0.15) is 11.8 Å². The molecule has 1 aliphatic heterocycles. The van der Waals surface area contributed by atoms with Gasteiger partial charge in [-0.1, -0.05) is 46.3 Å². The van der Waals surface area contributed by atoms with Gasteiger partial charge in [0.2, 0.25) is 5.91 Å². The number of benzene rings is 2. The normalized spacial score (nSPS) is 22.8. The highest BCUT2D eigenvalue weighted by Crippen LogP contribution is 2.48. The van der Waals surface area contributed by atoms with Crippen LogP contribution in [-0.4, -0.2) is 35.4 Å². The maximum absolute atomic E-state index is 12.7. The molecule has 3 nitrogen and oxygen atoms in total. The Labute approximate surface area is 167 Å². The number of hydrogen-bond acceptors (Lipinski definition) is 3. The second-order valence-electron chi connectivity index (χ2n) is 7.04. The molecule has 0 radical (unpaired) electrons. The third kappa shape index (κ3) is 4.33. The molecule has 136 valence electrons. The summed E-state index contributed by atoms with van der Waals surface area (Å²) in [7, 11) is 0. The average Bonchev–Trinajstić information content (AvgIpc) is 3.46. The minimum atomic E-state index is 0.0932. The standard InChI is InChI=1S/C21H23BrN2OS/c22-17-7-5-15(6-8-17)18-13-19(18)21(25)23-20-4-2-1-3-16(20)14-24-9-11-26-12-10-24/h1-8,18-19H,9-14H2,(H,23,25). The van der Waals surface area contributed by atoms with E-state index >= 15 is 0 Å². The van der Waals surface area contributed by atoms with Crippen LogP contribution in [0.2, 0.25) is 0 Å². The van der Waals surface area contributed by atoms with Crippen LogP contribution in [0.1, 0.15) is 23.5 Å². The summed E-state index contributed by atoms with van der Waals surface area (Å²) < 4.78 is 1.08. The number of para-hydroxylation sites is 1. The first-order valence-corrected chi connectivity index (χ1v) is 11.1. The molecule has 2 atom stereocenters. The van der Waals surface area contributed by atoms with Gasteiger partial charge in [0.1, 0.15) is 0 Å². The number of hydrogen-bond donors (Lipinski definition) is 1. The maximum atomic E-state index is 12.7. The summed E-state index contributed by atoms with van der Waals surface area (Å²) in [5.41, 5.74) is 3.44. The zero-order chi connectivity index (χ0) is 17.9. The van der Waals surface area contributed by atoms with Crippen molar-refractivity contribution in [3.05, 3.63) is 64.1 Å². The zero-order valence-corrected chi connectivity index (χ0v) is 17.1. The number of nitrogens with one attached hydrogen (secondary N) is 1. The topological polar surface area (TPSA) is 32.3 Å². The molecular formula is C21H23BrN2OS. The fourth-order valence-electron chi connectivity index (χ4n) is 3.57. The smallest absolute Gasteiger partial charge is 0.228 e. The molecule has 2 fully saturated rings. The van der Waals surface area contributed by atoms with Crippen LogP contribution in [0.15, 0.2) is 53.0 Å². The van der Waals surface area contributed by atoms with Crippen molar-refractivity contribution < 1.29 is 4.79 Å². The van der Waals surface area contributed by atoms with Gasteiger partial charge in [-0.15, -0.1) is 0 Å². The Morgan fingerprint density at radius 1 is 1.12 bits per heavy atom. The fraction of sp³-hybridized carbons (Fsp3) is 0.381. The average molecular weight is 431 g/mol. The zero-order valence-electron chi connectivity index (χ0n) is 14.7. The van der Waals surface area contributed by atoms with Crippen LogP contribution in [0.25, 0.3) is 0 Å². The van der Waals surface area contributed by atoms with E-state index < -0.39 is 0 Å². The predicted octanol–water partition coefficient (Wildman–Crippen LogP) is 4.74. The monoisotopic (exact) mass is 430 g/mol. The summed E-state index contributed by atoms with van der Waals surface area (Å²) in [5, 5.41) is 3.19. The Morgan fingerprint density at radius 3 is 2.62 bits per heavy atom. The molecule has 2 aliphatic rings. The summed E-state index contributed by atoms with van der Waals surface area (Å²) in [6, 6.07) is 16.6. The van der Waals surface area contributed by atoms with Crippen LogP contribution < -0.4 is 5.32 Å². The molecule has 1 saturated heterocycles. The van der Waals surface area contributed by atoms with Crippen LogP contribution in [0, 0.1) is 5.92 Å². The molecule has 1 N–H and O–H groups in total. The molecule has 2 aromatic rings. The van der Waals surface area contributed by atoms with Crippen molar-refractivity contribution in [1.29, 1.82) is 0 Å². The lowest BCUT2D eigenvalue weighted by atomic mass is 10.1. The van der Waals surface area contributed by atoms with Gasteiger partial charge < -0.3 is 5.32 Å². The Bertz CT molecular complexity index is 774. The van der Waals surface area contributed by atoms with E-state index in [0.717, 1.165) is 36.2 Å². The van der Waals surface area contributed by atoms with E-state index in [1.54, 1.807) is 0 Å². The molecular weight excluding hydrogens is 408 g/mol. The highest BCUT2D eigenvalue weighted by molar-refractivity contribution is 9.10. The van der Waals surface area contributed by atoms with Crippen molar-refractivity contribution in [1.82, 2.24) is 4.90 Å². The van der Waals surface area contributed by atoms with E-state index in [2.05, 4.69) is 62.5 Å². The SMILES string of the molecule is O=C(Nc1ccccc1CN1CCSCC1)C1CC1c1ccc(Br)cc1. The molecule has 2 aromatic carbocycles. The number of carbonyl (C=O) groups is 1. The lowest BCUT2D eigenvalue weighted by Crippen LogP contribution is -2.32. The fourth-order valence-corrected chi connectivity index (χ4v) is 4.81. The highest BCUT2D eigenvalue weighted by atomic mass is 79.9. The minimum Gasteiger partial charge on any atom is -0.326 e. The largest absolute Gasteiger partial charge is 0.326 e. The van der Waals surface area contributed by atoms with Crippen molar-refractivity contribution in [2.24, 2.45) is 5.92 Å². The lowest BCUT2D eigenvalue weighted by molar-refractivity contribution is -0.117. The quantitative estimate of drug-likeness (QED) is 0.742. The van der Waals surface area contributed by atoms with Crippen LogP contribution in [-0.2, 0) is 11.3 Å². The van der Waals surface area contributed by atoms with Gasteiger partial charge in [0, 0.05) is 47.2 Å². The molecule has 1 heterocycles. The first-order valence-electron chi connectivity index (χ1n) is 9.15. The second kappa shape index (κ2) is 8.15. The van der Waals surface area contributed by atoms with Crippen LogP contribution >= 0.6 is 27.7 Å². The molecule has 2 unspecified atom stereocenters. The second-order valence-corrected chi connectivity index (χ2v) is 9.18. The van der Waals surface area contributed by atoms with E-state index in [4.69, 9.17) is 0 Å². The van der Waals surface area contributed by atoms with Crippen molar-refractivity contribution in [2.75, 3.05) is 29.9 Å². The van der Waals surface area contributed by atoms with E-state index in [-0.39, 0.29) is 11.8 Å². The molecule has 1 aliphatic carbocycles. The predicted molar refractivity (Wildman–Crippen MR) is 113 cm³/mol. The number of nitrogens with zero attached hydrogens (tertiary/aromatic N) is 1. The van der Waals surface area contributed by atoms with Gasteiger partial charge in [0.25, 0.3) is 0 Å². The molecule has 5 heteroatoms.